The highest BCUT2D eigenvalue weighted by atomic mass is 32.2. The first-order valence-corrected chi connectivity index (χ1v) is 9.33. The molecule has 0 aliphatic carbocycles. The quantitative estimate of drug-likeness (QED) is 0.869. The van der Waals surface area contributed by atoms with Crippen LogP contribution in [0.15, 0.2) is 23.1 Å². The van der Waals surface area contributed by atoms with Crippen LogP contribution in [-0.4, -0.2) is 53.3 Å². The molecule has 0 radical (unpaired) electrons. The Hall–Kier alpha value is -1.80. The van der Waals surface area contributed by atoms with Crippen LogP contribution in [0.3, 0.4) is 0 Å². The van der Waals surface area contributed by atoms with Gasteiger partial charge in [-0.1, -0.05) is 6.07 Å². The van der Waals surface area contributed by atoms with E-state index in [0.29, 0.717) is 25.4 Å². The van der Waals surface area contributed by atoms with Crippen molar-refractivity contribution >= 4 is 16.1 Å². The predicted octanol–water partition coefficient (Wildman–Crippen LogP) is 1.76. The molecule has 0 aromatic heterocycles. The second-order valence-electron chi connectivity index (χ2n) is 5.91. The van der Waals surface area contributed by atoms with Gasteiger partial charge in [-0.05, 0) is 43.4 Å². The standard InChI is InChI=1S/C16H24N2O5S/c1-12-4-5-14(22-2)15(10-12)24(20,21)17-11-13-6-8-18(9-7-13)16(19)23-3/h4-5,10,13,17H,6-9,11H2,1-3H3. The molecule has 1 aromatic rings. The number of benzene rings is 1. The van der Waals surface area contributed by atoms with Gasteiger partial charge in [0.05, 0.1) is 14.2 Å². The van der Waals surface area contributed by atoms with Gasteiger partial charge in [0, 0.05) is 19.6 Å². The van der Waals surface area contributed by atoms with Crippen LogP contribution in [0.25, 0.3) is 0 Å². The number of rotatable bonds is 5. The van der Waals surface area contributed by atoms with E-state index in [1.807, 2.05) is 6.92 Å². The van der Waals surface area contributed by atoms with Gasteiger partial charge in [0.25, 0.3) is 0 Å². The van der Waals surface area contributed by atoms with E-state index >= 15 is 0 Å². The van der Waals surface area contributed by atoms with Crippen molar-refractivity contribution in [2.45, 2.75) is 24.7 Å². The van der Waals surface area contributed by atoms with Crippen molar-refractivity contribution in [3.05, 3.63) is 23.8 Å². The zero-order valence-corrected chi connectivity index (χ0v) is 15.1. The molecule has 0 saturated carbocycles. The Labute approximate surface area is 143 Å². The lowest BCUT2D eigenvalue weighted by molar-refractivity contribution is 0.106. The smallest absolute Gasteiger partial charge is 0.409 e. The number of carbonyl (C=O) groups excluding carboxylic acids is 1. The fourth-order valence-corrected chi connectivity index (χ4v) is 4.12. The minimum Gasteiger partial charge on any atom is -0.495 e. The fraction of sp³-hybridized carbons (Fsp3) is 0.562. The van der Waals surface area contributed by atoms with Crippen molar-refractivity contribution in [2.75, 3.05) is 33.9 Å². The number of aryl methyl sites for hydroxylation is 1. The highest BCUT2D eigenvalue weighted by Crippen LogP contribution is 2.25. The number of nitrogens with one attached hydrogen (secondary N) is 1. The van der Waals surface area contributed by atoms with E-state index in [1.165, 1.54) is 14.2 Å². The Kier molecular flexibility index (Phi) is 6.06. The average molecular weight is 356 g/mol. The predicted molar refractivity (Wildman–Crippen MR) is 89.6 cm³/mol. The van der Waals surface area contributed by atoms with Gasteiger partial charge in [-0.2, -0.15) is 0 Å². The summed E-state index contributed by atoms with van der Waals surface area (Å²) in [5, 5.41) is 0. The Bertz CT molecular complexity index is 682. The minimum atomic E-state index is -3.64. The summed E-state index contributed by atoms with van der Waals surface area (Å²) < 4.78 is 37.6. The van der Waals surface area contributed by atoms with Gasteiger partial charge in [0.15, 0.2) is 0 Å². The first-order chi connectivity index (χ1) is 11.4. The number of ether oxygens (including phenoxy) is 2. The van der Waals surface area contributed by atoms with Crippen molar-refractivity contribution in [3.63, 3.8) is 0 Å². The molecule has 134 valence electrons. The average Bonchev–Trinajstić information content (AvgIpc) is 2.59. The largest absolute Gasteiger partial charge is 0.495 e. The van der Waals surface area contributed by atoms with E-state index in [9.17, 15) is 13.2 Å². The number of amides is 1. The van der Waals surface area contributed by atoms with Gasteiger partial charge in [-0.25, -0.2) is 17.9 Å². The second kappa shape index (κ2) is 7.85. The molecule has 24 heavy (non-hydrogen) atoms. The van der Waals surface area contributed by atoms with Crippen molar-refractivity contribution in [3.8, 4) is 5.75 Å². The second-order valence-corrected chi connectivity index (χ2v) is 7.64. The summed E-state index contributed by atoms with van der Waals surface area (Å²) >= 11 is 0. The van der Waals surface area contributed by atoms with Crippen molar-refractivity contribution in [1.82, 2.24) is 9.62 Å². The van der Waals surface area contributed by atoms with Crippen LogP contribution in [0.1, 0.15) is 18.4 Å². The molecule has 0 unspecified atom stereocenters. The summed E-state index contributed by atoms with van der Waals surface area (Å²) in [6.07, 6.45) is 1.14. The topological polar surface area (TPSA) is 84.9 Å². The maximum Gasteiger partial charge on any atom is 0.409 e. The summed E-state index contributed by atoms with van der Waals surface area (Å²) in [6.45, 7) is 3.33. The number of carbonyl (C=O) groups is 1. The van der Waals surface area contributed by atoms with Crippen LogP contribution in [0.4, 0.5) is 4.79 Å². The van der Waals surface area contributed by atoms with Gasteiger partial charge in [0.2, 0.25) is 10.0 Å². The van der Waals surface area contributed by atoms with Crippen molar-refractivity contribution < 1.29 is 22.7 Å². The van der Waals surface area contributed by atoms with Crippen LogP contribution in [0.5, 0.6) is 5.75 Å². The third kappa shape index (κ3) is 4.39. The van der Waals surface area contributed by atoms with E-state index < -0.39 is 10.0 Å². The van der Waals surface area contributed by atoms with Crippen LogP contribution < -0.4 is 9.46 Å². The van der Waals surface area contributed by atoms with Crippen LogP contribution in [0.2, 0.25) is 0 Å². The van der Waals surface area contributed by atoms with Gasteiger partial charge in [0.1, 0.15) is 10.6 Å². The molecule has 0 atom stereocenters. The number of sulfonamides is 1. The lowest BCUT2D eigenvalue weighted by Crippen LogP contribution is -2.41. The summed E-state index contributed by atoms with van der Waals surface area (Å²) in [6, 6.07) is 5.06. The van der Waals surface area contributed by atoms with Gasteiger partial charge in [-0.3, -0.25) is 0 Å². The molecule has 0 bridgehead atoms. The zero-order valence-electron chi connectivity index (χ0n) is 14.2. The molecule has 2 rings (SSSR count). The third-order valence-corrected chi connectivity index (χ3v) is 5.66. The number of methoxy groups -OCH3 is 2. The normalized spacial score (nSPS) is 16.0. The SMILES string of the molecule is COC(=O)N1CCC(CNS(=O)(=O)c2cc(C)ccc2OC)CC1. The molecule has 1 aliphatic heterocycles. The number of likely N-dealkylation sites (tertiary alicyclic amines) is 1. The molecule has 1 saturated heterocycles. The molecule has 0 spiro atoms. The number of hydrogen-bond donors (Lipinski definition) is 1. The molecular weight excluding hydrogens is 332 g/mol. The first-order valence-electron chi connectivity index (χ1n) is 7.84. The maximum absolute atomic E-state index is 12.6. The molecule has 8 heteroatoms. The summed E-state index contributed by atoms with van der Waals surface area (Å²) in [5.74, 6) is 0.519. The van der Waals surface area contributed by atoms with E-state index in [-0.39, 0.29) is 16.9 Å². The molecule has 1 aromatic carbocycles. The molecular formula is C16H24N2O5S. The van der Waals surface area contributed by atoms with Crippen LogP contribution in [-0.2, 0) is 14.8 Å². The third-order valence-electron chi connectivity index (χ3n) is 4.22. The van der Waals surface area contributed by atoms with E-state index in [2.05, 4.69) is 4.72 Å². The molecule has 1 N–H and O–H groups in total. The monoisotopic (exact) mass is 356 g/mol. The molecule has 1 heterocycles. The van der Waals surface area contributed by atoms with Crippen LogP contribution in [0, 0.1) is 12.8 Å². The van der Waals surface area contributed by atoms with Gasteiger partial charge < -0.3 is 14.4 Å². The lowest BCUT2D eigenvalue weighted by Gasteiger charge is -2.30. The van der Waals surface area contributed by atoms with E-state index in [1.54, 1.807) is 23.1 Å². The molecule has 1 amide bonds. The summed E-state index contributed by atoms with van der Waals surface area (Å²) in [7, 11) is -0.830. The highest BCUT2D eigenvalue weighted by molar-refractivity contribution is 7.89. The Morgan fingerprint density at radius 2 is 1.96 bits per heavy atom. The molecule has 7 nitrogen and oxygen atoms in total. The Morgan fingerprint density at radius 3 is 2.54 bits per heavy atom. The number of nitrogens with zero attached hydrogens (tertiary/aromatic N) is 1. The first kappa shape index (κ1) is 18.5. The molecule has 1 aliphatic rings. The van der Waals surface area contributed by atoms with Gasteiger partial charge >= 0.3 is 6.09 Å². The van der Waals surface area contributed by atoms with Gasteiger partial charge in [-0.15, -0.1) is 0 Å². The van der Waals surface area contributed by atoms with Crippen LogP contribution >= 0.6 is 0 Å². The van der Waals surface area contributed by atoms with E-state index in [0.717, 1.165) is 18.4 Å². The van der Waals surface area contributed by atoms with E-state index in [4.69, 9.17) is 9.47 Å². The zero-order chi connectivity index (χ0) is 17.7. The summed E-state index contributed by atoms with van der Waals surface area (Å²) in [4.78, 5) is 13.2. The Balaban J connectivity index is 1.97. The van der Waals surface area contributed by atoms with Crippen molar-refractivity contribution in [1.29, 1.82) is 0 Å². The number of piperidine rings is 1. The van der Waals surface area contributed by atoms with Crippen molar-refractivity contribution in [2.24, 2.45) is 5.92 Å². The maximum atomic E-state index is 12.6. The lowest BCUT2D eigenvalue weighted by atomic mass is 9.97. The minimum absolute atomic E-state index is 0.150. The molecule has 1 fully saturated rings. The highest BCUT2D eigenvalue weighted by Gasteiger charge is 2.26. The summed E-state index contributed by atoms with van der Waals surface area (Å²) in [5.41, 5.74) is 0.850. The Morgan fingerprint density at radius 1 is 1.29 bits per heavy atom. The fourth-order valence-electron chi connectivity index (χ4n) is 2.75. The number of hydrogen-bond acceptors (Lipinski definition) is 5.